The molecule has 9 nitrogen and oxygen atoms in total. The molecule has 1 saturated heterocycles. The van der Waals surface area contributed by atoms with Crippen molar-refractivity contribution in [3.05, 3.63) is 53.2 Å². The van der Waals surface area contributed by atoms with Crippen molar-refractivity contribution in [2.24, 2.45) is 5.92 Å². The van der Waals surface area contributed by atoms with Gasteiger partial charge in [-0.25, -0.2) is 19.5 Å². The van der Waals surface area contributed by atoms with E-state index in [0.29, 0.717) is 11.4 Å². The molecular formula is C19H19N5O4. The van der Waals surface area contributed by atoms with Gasteiger partial charge in [-0.1, -0.05) is 6.07 Å². The number of hydrogen-bond donors (Lipinski definition) is 2. The highest BCUT2D eigenvalue weighted by molar-refractivity contribution is 6.23. The lowest BCUT2D eigenvalue weighted by Crippen LogP contribution is -2.46. The van der Waals surface area contributed by atoms with Crippen molar-refractivity contribution >= 4 is 29.2 Å². The van der Waals surface area contributed by atoms with Gasteiger partial charge in [0.15, 0.2) is 0 Å². The van der Waals surface area contributed by atoms with Crippen LogP contribution in [-0.2, 0) is 16.1 Å². The van der Waals surface area contributed by atoms with Gasteiger partial charge >= 0.3 is 11.7 Å². The number of aromatic nitrogens is 2. The Morgan fingerprint density at radius 3 is 2.79 bits per heavy atom. The van der Waals surface area contributed by atoms with Crippen molar-refractivity contribution in [3.63, 3.8) is 0 Å². The molecule has 1 saturated carbocycles. The molecule has 1 atom stereocenters. The highest BCUT2D eigenvalue weighted by Gasteiger charge is 2.56. The van der Waals surface area contributed by atoms with E-state index in [1.54, 1.807) is 37.3 Å². The van der Waals surface area contributed by atoms with Crippen LogP contribution < -0.4 is 21.2 Å². The second kappa shape index (κ2) is 6.59. The van der Waals surface area contributed by atoms with Crippen LogP contribution >= 0.6 is 0 Å². The molecular weight excluding hydrogens is 362 g/mol. The summed E-state index contributed by atoms with van der Waals surface area (Å²) < 4.78 is 1.18. The van der Waals surface area contributed by atoms with Gasteiger partial charge in [-0.15, -0.1) is 0 Å². The molecule has 0 bridgehead atoms. The number of imide groups is 1. The summed E-state index contributed by atoms with van der Waals surface area (Å²) in [5.74, 6) is -0.549. The summed E-state index contributed by atoms with van der Waals surface area (Å²) >= 11 is 0. The maximum Gasteiger partial charge on any atom is 0.347 e. The molecule has 4 amide bonds. The second-order valence-corrected chi connectivity index (χ2v) is 7.18. The van der Waals surface area contributed by atoms with Crippen molar-refractivity contribution in [1.82, 2.24) is 14.9 Å². The standard InChI is InChI=1S/C19H19N5O4/c1-19(12-6-7-12)16(26)24(18(28)22-19)14-5-2-4-13(10-14)21-15(25)11-23-9-3-8-20-17(23)27/h2-5,8-10,12H,6-7,11H2,1H3,(H,21,25)(H,22,28). The van der Waals surface area contributed by atoms with Crippen LogP contribution in [0.4, 0.5) is 16.2 Å². The number of hydrogen-bond acceptors (Lipinski definition) is 5. The fourth-order valence-corrected chi connectivity index (χ4v) is 3.41. The zero-order valence-electron chi connectivity index (χ0n) is 15.2. The summed E-state index contributed by atoms with van der Waals surface area (Å²) in [5.41, 5.74) is -0.606. The Bertz CT molecular complexity index is 1030. The summed E-state index contributed by atoms with van der Waals surface area (Å²) in [7, 11) is 0. The Kier molecular flexibility index (Phi) is 4.21. The van der Waals surface area contributed by atoms with Crippen molar-refractivity contribution in [2.45, 2.75) is 31.8 Å². The van der Waals surface area contributed by atoms with Gasteiger partial charge in [-0.3, -0.25) is 14.2 Å². The number of rotatable bonds is 5. The smallest absolute Gasteiger partial charge is 0.324 e. The summed E-state index contributed by atoms with van der Waals surface area (Å²) in [6.07, 6.45) is 4.66. The number of nitrogens with zero attached hydrogens (tertiary/aromatic N) is 3. The van der Waals surface area contributed by atoms with E-state index in [1.165, 1.54) is 17.0 Å². The van der Waals surface area contributed by atoms with Crippen molar-refractivity contribution < 1.29 is 14.4 Å². The van der Waals surface area contributed by atoms with Crippen molar-refractivity contribution in [1.29, 1.82) is 0 Å². The average Bonchev–Trinajstić information content (AvgIpc) is 3.46. The molecule has 2 heterocycles. The molecule has 0 radical (unpaired) electrons. The minimum atomic E-state index is -0.877. The first kappa shape index (κ1) is 17.9. The summed E-state index contributed by atoms with van der Waals surface area (Å²) in [5, 5.41) is 5.47. The predicted molar refractivity (Wildman–Crippen MR) is 101 cm³/mol. The minimum absolute atomic E-state index is 0.162. The highest BCUT2D eigenvalue weighted by Crippen LogP contribution is 2.43. The van der Waals surface area contributed by atoms with E-state index in [2.05, 4.69) is 15.6 Å². The van der Waals surface area contributed by atoms with Crippen molar-refractivity contribution in [3.8, 4) is 0 Å². The molecule has 1 aromatic heterocycles. The first-order chi connectivity index (χ1) is 13.4. The summed E-state index contributed by atoms with van der Waals surface area (Å²) in [6.45, 7) is 1.56. The number of carbonyl (C=O) groups is 3. The van der Waals surface area contributed by atoms with Gasteiger partial charge in [0.1, 0.15) is 12.1 Å². The van der Waals surface area contributed by atoms with Crippen LogP contribution in [0.5, 0.6) is 0 Å². The highest BCUT2D eigenvalue weighted by atomic mass is 16.2. The molecule has 2 aromatic rings. The molecule has 1 aromatic carbocycles. The number of amides is 4. The van der Waals surface area contributed by atoms with E-state index in [9.17, 15) is 19.2 Å². The lowest BCUT2D eigenvalue weighted by atomic mass is 9.96. The van der Waals surface area contributed by atoms with Crippen LogP contribution in [0.3, 0.4) is 0 Å². The van der Waals surface area contributed by atoms with Gasteiger partial charge in [-0.05, 0) is 49.9 Å². The fourth-order valence-electron chi connectivity index (χ4n) is 3.41. The van der Waals surface area contributed by atoms with E-state index >= 15 is 0 Å². The maximum absolute atomic E-state index is 12.8. The van der Waals surface area contributed by atoms with E-state index < -0.39 is 23.2 Å². The molecule has 2 N–H and O–H groups in total. The monoisotopic (exact) mass is 381 g/mol. The third-order valence-corrected chi connectivity index (χ3v) is 5.10. The van der Waals surface area contributed by atoms with Gasteiger partial charge in [0.05, 0.1) is 5.69 Å². The zero-order chi connectivity index (χ0) is 19.9. The average molecular weight is 381 g/mol. The quantitative estimate of drug-likeness (QED) is 0.753. The Hall–Kier alpha value is -3.49. The van der Waals surface area contributed by atoms with Crippen LogP contribution in [0.15, 0.2) is 47.5 Å². The molecule has 9 heteroatoms. The SMILES string of the molecule is CC1(C2CC2)NC(=O)N(c2cccc(NC(=O)Cn3cccnc3=O)c2)C1=O. The van der Waals surface area contributed by atoms with Gasteiger partial charge < -0.3 is 10.6 Å². The maximum atomic E-state index is 12.8. The van der Waals surface area contributed by atoms with Crippen LogP contribution in [0, 0.1) is 5.92 Å². The molecule has 0 spiro atoms. The molecule has 4 rings (SSSR count). The van der Waals surface area contributed by atoms with Crippen LogP contribution in [0.1, 0.15) is 19.8 Å². The Balaban J connectivity index is 1.51. The normalized spacial score (nSPS) is 21.5. The van der Waals surface area contributed by atoms with E-state index in [-0.39, 0.29) is 18.4 Å². The van der Waals surface area contributed by atoms with Crippen LogP contribution in [-0.4, -0.2) is 32.9 Å². The van der Waals surface area contributed by atoms with E-state index in [1.807, 2.05) is 0 Å². The second-order valence-electron chi connectivity index (χ2n) is 7.18. The Morgan fingerprint density at radius 1 is 1.29 bits per heavy atom. The largest absolute Gasteiger partial charge is 0.347 e. The third-order valence-electron chi connectivity index (χ3n) is 5.10. The van der Waals surface area contributed by atoms with Gasteiger partial charge in [0, 0.05) is 18.1 Å². The minimum Gasteiger partial charge on any atom is -0.324 e. The number of anilines is 2. The summed E-state index contributed by atoms with van der Waals surface area (Å²) in [4.78, 5) is 53.8. The number of benzene rings is 1. The number of urea groups is 1. The number of nitrogens with one attached hydrogen (secondary N) is 2. The third kappa shape index (κ3) is 3.15. The molecule has 144 valence electrons. The zero-order valence-corrected chi connectivity index (χ0v) is 15.2. The van der Waals surface area contributed by atoms with Crippen LogP contribution in [0.25, 0.3) is 0 Å². The van der Waals surface area contributed by atoms with Gasteiger partial charge in [0.25, 0.3) is 5.91 Å². The predicted octanol–water partition coefficient (Wildman–Crippen LogP) is 1.11. The molecule has 28 heavy (non-hydrogen) atoms. The van der Waals surface area contributed by atoms with Crippen LogP contribution in [0.2, 0.25) is 0 Å². The van der Waals surface area contributed by atoms with E-state index in [0.717, 1.165) is 17.7 Å². The van der Waals surface area contributed by atoms with Gasteiger partial charge in [0.2, 0.25) is 5.91 Å². The van der Waals surface area contributed by atoms with Crippen molar-refractivity contribution in [2.75, 3.05) is 10.2 Å². The fraction of sp³-hybridized carbons (Fsp3) is 0.316. The van der Waals surface area contributed by atoms with Gasteiger partial charge in [-0.2, -0.15) is 0 Å². The number of carbonyl (C=O) groups excluding carboxylic acids is 3. The molecule has 1 aliphatic carbocycles. The molecule has 1 unspecified atom stereocenters. The molecule has 2 aliphatic rings. The first-order valence-corrected chi connectivity index (χ1v) is 8.96. The first-order valence-electron chi connectivity index (χ1n) is 8.96. The topological polar surface area (TPSA) is 113 Å². The lowest BCUT2D eigenvalue weighted by molar-refractivity contribution is -0.122. The summed E-state index contributed by atoms with van der Waals surface area (Å²) in [6, 6.07) is 7.58. The molecule has 2 fully saturated rings. The molecule has 1 aliphatic heterocycles. The van der Waals surface area contributed by atoms with E-state index in [4.69, 9.17) is 0 Å². The Labute approximate surface area is 160 Å². The lowest BCUT2D eigenvalue weighted by Gasteiger charge is -2.21. The Morgan fingerprint density at radius 2 is 2.07 bits per heavy atom.